The molecule has 0 bridgehead atoms. The molecular formula is C16H21ClO4. The second-order valence-corrected chi connectivity index (χ2v) is 5.36. The van der Waals surface area contributed by atoms with Gasteiger partial charge in [0.1, 0.15) is 6.10 Å². The quantitative estimate of drug-likeness (QED) is 0.543. The molecule has 21 heavy (non-hydrogen) atoms. The first kappa shape index (κ1) is 17.5. The van der Waals surface area contributed by atoms with Gasteiger partial charge >= 0.3 is 11.9 Å². The van der Waals surface area contributed by atoms with Crippen LogP contribution in [0.25, 0.3) is 0 Å². The van der Waals surface area contributed by atoms with Gasteiger partial charge in [-0.2, -0.15) is 0 Å². The first-order valence-corrected chi connectivity index (χ1v) is 7.57. The lowest BCUT2D eigenvalue weighted by molar-refractivity contribution is -0.152. The molecule has 0 aliphatic heterocycles. The number of carbonyl (C=O) groups is 2. The van der Waals surface area contributed by atoms with E-state index in [1.807, 2.05) is 12.1 Å². The number of halogens is 1. The van der Waals surface area contributed by atoms with Crippen LogP contribution in [0.3, 0.4) is 0 Å². The number of esters is 1. The van der Waals surface area contributed by atoms with Crippen LogP contribution in [0.2, 0.25) is 5.02 Å². The molecule has 0 aliphatic rings. The SMILES string of the molecule is CCCCCC(OC(=O)CCC(=O)O)c1ccc(Cl)cc1. The molecule has 1 N–H and O–H groups in total. The van der Waals surface area contributed by atoms with E-state index in [0.29, 0.717) is 5.02 Å². The topological polar surface area (TPSA) is 63.6 Å². The molecule has 0 saturated heterocycles. The molecule has 0 aliphatic carbocycles. The second kappa shape index (κ2) is 9.40. The van der Waals surface area contributed by atoms with Gasteiger partial charge in [0.2, 0.25) is 0 Å². The van der Waals surface area contributed by atoms with Gasteiger partial charge in [-0.05, 0) is 30.5 Å². The Morgan fingerprint density at radius 2 is 1.86 bits per heavy atom. The molecule has 0 fully saturated rings. The number of benzene rings is 1. The van der Waals surface area contributed by atoms with E-state index < -0.39 is 11.9 Å². The third kappa shape index (κ3) is 7.14. The molecule has 1 aromatic carbocycles. The van der Waals surface area contributed by atoms with Crippen molar-refractivity contribution in [3.05, 3.63) is 34.9 Å². The van der Waals surface area contributed by atoms with Gasteiger partial charge in [0.05, 0.1) is 12.8 Å². The Morgan fingerprint density at radius 1 is 1.19 bits per heavy atom. The highest BCUT2D eigenvalue weighted by Crippen LogP contribution is 2.26. The smallest absolute Gasteiger partial charge is 0.306 e. The van der Waals surface area contributed by atoms with Crippen molar-refractivity contribution in [3.63, 3.8) is 0 Å². The average Bonchev–Trinajstić information content (AvgIpc) is 2.45. The molecule has 1 aromatic rings. The Kier molecular flexibility index (Phi) is 7.83. The Morgan fingerprint density at radius 3 is 2.43 bits per heavy atom. The van der Waals surface area contributed by atoms with Crippen LogP contribution < -0.4 is 0 Å². The van der Waals surface area contributed by atoms with Gasteiger partial charge in [-0.25, -0.2) is 0 Å². The minimum atomic E-state index is -0.999. The van der Waals surface area contributed by atoms with Crippen molar-refractivity contribution in [3.8, 4) is 0 Å². The van der Waals surface area contributed by atoms with E-state index in [0.717, 1.165) is 31.2 Å². The van der Waals surface area contributed by atoms with E-state index in [4.69, 9.17) is 21.4 Å². The number of carboxylic acid groups (broad SMARTS) is 1. The molecule has 0 amide bonds. The molecule has 1 atom stereocenters. The highest BCUT2D eigenvalue weighted by Gasteiger charge is 2.17. The second-order valence-electron chi connectivity index (χ2n) is 4.92. The van der Waals surface area contributed by atoms with Gasteiger partial charge in [-0.3, -0.25) is 9.59 Å². The van der Waals surface area contributed by atoms with Gasteiger partial charge in [0, 0.05) is 5.02 Å². The number of aliphatic carboxylic acids is 1. The third-order valence-electron chi connectivity index (χ3n) is 3.13. The molecule has 5 heteroatoms. The Bertz CT molecular complexity index is 456. The fourth-order valence-corrected chi connectivity index (χ4v) is 2.10. The highest BCUT2D eigenvalue weighted by molar-refractivity contribution is 6.30. The third-order valence-corrected chi connectivity index (χ3v) is 3.38. The lowest BCUT2D eigenvalue weighted by atomic mass is 10.0. The summed E-state index contributed by atoms with van der Waals surface area (Å²) in [6.07, 6.45) is 3.19. The largest absolute Gasteiger partial charge is 0.481 e. The van der Waals surface area contributed by atoms with Crippen molar-refractivity contribution in [2.24, 2.45) is 0 Å². The minimum absolute atomic E-state index is 0.104. The summed E-state index contributed by atoms with van der Waals surface area (Å²) in [5, 5.41) is 9.22. The number of hydrogen-bond acceptors (Lipinski definition) is 3. The van der Waals surface area contributed by atoms with Crippen LogP contribution in [0.5, 0.6) is 0 Å². The zero-order valence-corrected chi connectivity index (χ0v) is 12.9. The first-order valence-electron chi connectivity index (χ1n) is 7.19. The van der Waals surface area contributed by atoms with Crippen molar-refractivity contribution in [1.82, 2.24) is 0 Å². The van der Waals surface area contributed by atoms with Crippen molar-refractivity contribution < 1.29 is 19.4 Å². The molecule has 116 valence electrons. The van der Waals surface area contributed by atoms with Crippen LogP contribution in [0.15, 0.2) is 24.3 Å². The van der Waals surface area contributed by atoms with E-state index in [-0.39, 0.29) is 18.9 Å². The average molecular weight is 313 g/mol. The number of hydrogen-bond donors (Lipinski definition) is 1. The van der Waals surface area contributed by atoms with E-state index >= 15 is 0 Å². The molecule has 0 spiro atoms. The highest BCUT2D eigenvalue weighted by atomic mass is 35.5. The zero-order valence-electron chi connectivity index (χ0n) is 12.2. The van der Waals surface area contributed by atoms with E-state index in [9.17, 15) is 9.59 Å². The lowest BCUT2D eigenvalue weighted by Crippen LogP contribution is -2.13. The standard InChI is InChI=1S/C16H21ClO4/c1-2-3-4-5-14(12-6-8-13(17)9-7-12)21-16(20)11-10-15(18)19/h6-9,14H,2-5,10-11H2,1H3,(H,18,19). The zero-order chi connectivity index (χ0) is 15.7. The molecule has 0 radical (unpaired) electrons. The number of rotatable bonds is 9. The number of carboxylic acids is 1. The van der Waals surface area contributed by atoms with Crippen LogP contribution in [0, 0.1) is 0 Å². The molecule has 0 saturated carbocycles. The number of carbonyl (C=O) groups excluding carboxylic acids is 1. The van der Waals surface area contributed by atoms with E-state index in [2.05, 4.69) is 6.92 Å². The first-order chi connectivity index (χ1) is 10.0. The Balaban J connectivity index is 2.65. The molecule has 0 heterocycles. The molecule has 4 nitrogen and oxygen atoms in total. The molecule has 0 aromatic heterocycles. The Labute approximate surface area is 130 Å². The van der Waals surface area contributed by atoms with Gasteiger partial charge in [-0.1, -0.05) is 43.5 Å². The monoisotopic (exact) mass is 312 g/mol. The summed E-state index contributed by atoms with van der Waals surface area (Å²) in [7, 11) is 0. The maximum atomic E-state index is 11.7. The fraction of sp³-hybridized carbons (Fsp3) is 0.500. The maximum absolute atomic E-state index is 11.7. The van der Waals surface area contributed by atoms with Crippen LogP contribution in [-0.2, 0) is 14.3 Å². The summed E-state index contributed by atoms with van der Waals surface area (Å²) in [5.41, 5.74) is 0.888. The van der Waals surface area contributed by atoms with E-state index in [1.165, 1.54) is 0 Å². The summed E-state index contributed by atoms with van der Waals surface area (Å²) in [5.74, 6) is -1.48. The normalized spacial score (nSPS) is 11.9. The van der Waals surface area contributed by atoms with Crippen LogP contribution in [0.1, 0.15) is 57.1 Å². The molecule has 1 unspecified atom stereocenters. The predicted molar refractivity (Wildman–Crippen MR) is 81.3 cm³/mol. The molecule has 1 rings (SSSR count). The van der Waals surface area contributed by atoms with Gasteiger partial charge < -0.3 is 9.84 Å². The van der Waals surface area contributed by atoms with Gasteiger partial charge in [0.25, 0.3) is 0 Å². The number of unbranched alkanes of at least 4 members (excludes halogenated alkanes) is 2. The summed E-state index contributed by atoms with van der Waals surface area (Å²) in [4.78, 5) is 22.2. The van der Waals surface area contributed by atoms with Crippen molar-refractivity contribution in [2.75, 3.05) is 0 Å². The minimum Gasteiger partial charge on any atom is -0.481 e. The van der Waals surface area contributed by atoms with Gasteiger partial charge in [-0.15, -0.1) is 0 Å². The summed E-state index contributed by atoms with van der Waals surface area (Å²) in [6, 6.07) is 7.19. The van der Waals surface area contributed by atoms with Gasteiger partial charge in [0.15, 0.2) is 0 Å². The summed E-state index contributed by atoms with van der Waals surface area (Å²) < 4.78 is 5.43. The summed E-state index contributed by atoms with van der Waals surface area (Å²) >= 11 is 5.86. The van der Waals surface area contributed by atoms with Crippen molar-refractivity contribution in [2.45, 2.75) is 51.6 Å². The van der Waals surface area contributed by atoms with E-state index in [1.54, 1.807) is 12.1 Å². The Hall–Kier alpha value is -1.55. The predicted octanol–water partition coefficient (Wildman–Crippen LogP) is 4.37. The van der Waals surface area contributed by atoms with Crippen LogP contribution >= 0.6 is 11.6 Å². The fourth-order valence-electron chi connectivity index (χ4n) is 1.98. The van der Waals surface area contributed by atoms with Crippen molar-refractivity contribution >= 4 is 23.5 Å². The van der Waals surface area contributed by atoms with Crippen LogP contribution in [-0.4, -0.2) is 17.0 Å². The van der Waals surface area contributed by atoms with Crippen LogP contribution in [0.4, 0.5) is 0 Å². The van der Waals surface area contributed by atoms with Crippen molar-refractivity contribution in [1.29, 1.82) is 0 Å². The maximum Gasteiger partial charge on any atom is 0.306 e. The lowest BCUT2D eigenvalue weighted by Gasteiger charge is -2.18. The number of ether oxygens (including phenoxy) is 1. The molecular weight excluding hydrogens is 292 g/mol. The summed E-state index contributed by atoms with van der Waals surface area (Å²) in [6.45, 7) is 2.11.